The van der Waals surface area contributed by atoms with E-state index in [-0.39, 0.29) is 24.1 Å². The van der Waals surface area contributed by atoms with Crippen LogP contribution in [0.4, 0.5) is 0 Å². The fraction of sp³-hybridized carbons (Fsp3) is 0.167. The third-order valence-electron chi connectivity index (χ3n) is 4.12. The largest absolute Gasteiger partial charge is 0.345 e. The van der Waals surface area contributed by atoms with E-state index in [0.29, 0.717) is 16.7 Å². The quantitative estimate of drug-likeness (QED) is 0.582. The van der Waals surface area contributed by atoms with Crippen LogP contribution in [-0.2, 0) is 11.3 Å². The summed E-state index contributed by atoms with van der Waals surface area (Å²) in [5.41, 5.74) is 1.90. The first-order chi connectivity index (χ1) is 12.6. The Hall–Kier alpha value is -3.55. The second-order valence-corrected chi connectivity index (χ2v) is 6.00. The summed E-state index contributed by atoms with van der Waals surface area (Å²) in [4.78, 5) is 32.4. The molecule has 2 heterocycles. The van der Waals surface area contributed by atoms with Crippen LogP contribution in [0.15, 0.2) is 53.3 Å². The number of rotatable bonds is 4. The van der Waals surface area contributed by atoms with Crippen molar-refractivity contribution < 1.29 is 4.79 Å². The lowest BCUT2D eigenvalue weighted by molar-refractivity contribution is -0.122. The molecule has 130 valence electrons. The maximum absolute atomic E-state index is 12.4. The van der Waals surface area contributed by atoms with Crippen molar-refractivity contribution in [2.75, 3.05) is 0 Å². The van der Waals surface area contributed by atoms with Gasteiger partial charge in [0.2, 0.25) is 5.91 Å². The summed E-state index contributed by atoms with van der Waals surface area (Å²) in [7, 11) is 0. The number of carbonyl (C=O) groups excluding carboxylic acids is 1. The highest BCUT2D eigenvalue weighted by Gasteiger charge is 2.15. The normalized spacial score (nSPS) is 12.3. The van der Waals surface area contributed by atoms with Crippen molar-refractivity contribution in [2.45, 2.75) is 19.5 Å². The van der Waals surface area contributed by atoms with Gasteiger partial charge in [0.05, 0.1) is 22.5 Å². The van der Waals surface area contributed by atoms with Gasteiger partial charge in [0.25, 0.3) is 5.56 Å². The van der Waals surface area contributed by atoms with E-state index in [1.54, 1.807) is 24.3 Å². The maximum atomic E-state index is 12.4. The number of para-hydroxylation sites is 2. The molecule has 0 saturated heterocycles. The molecule has 0 spiro atoms. The van der Waals surface area contributed by atoms with Crippen LogP contribution >= 0.6 is 0 Å². The molecule has 2 aromatic heterocycles. The first kappa shape index (κ1) is 15.9. The minimum atomic E-state index is -0.345. The predicted octanol–water partition coefficient (Wildman–Crippen LogP) is 1.55. The molecule has 0 aliphatic carbocycles. The number of nitrogens with zero attached hydrogens (tertiary/aromatic N) is 4. The molecule has 1 atom stereocenters. The fourth-order valence-electron chi connectivity index (χ4n) is 2.80. The highest BCUT2D eigenvalue weighted by molar-refractivity contribution is 5.79. The van der Waals surface area contributed by atoms with Crippen LogP contribution in [0.1, 0.15) is 18.8 Å². The van der Waals surface area contributed by atoms with Crippen molar-refractivity contribution in [1.29, 1.82) is 0 Å². The average molecular weight is 348 g/mol. The molecule has 0 aliphatic rings. The molecule has 8 heteroatoms. The molecule has 4 rings (SSSR count). The summed E-state index contributed by atoms with van der Waals surface area (Å²) in [6.07, 6.45) is 0. The molecule has 1 amide bonds. The molecule has 4 aromatic rings. The van der Waals surface area contributed by atoms with Gasteiger partial charge in [0.15, 0.2) is 0 Å². The molecule has 0 aliphatic heterocycles. The molecule has 0 saturated carbocycles. The predicted molar refractivity (Wildman–Crippen MR) is 96.4 cm³/mol. The molecule has 26 heavy (non-hydrogen) atoms. The van der Waals surface area contributed by atoms with Gasteiger partial charge in [-0.1, -0.05) is 29.5 Å². The van der Waals surface area contributed by atoms with Crippen LogP contribution in [0, 0.1) is 0 Å². The number of benzene rings is 2. The van der Waals surface area contributed by atoms with E-state index >= 15 is 0 Å². The molecule has 0 radical (unpaired) electrons. The average Bonchev–Trinajstić information content (AvgIpc) is 3.09. The summed E-state index contributed by atoms with van der Waals surface area (Å²) >= 11 is 0. The van der Waals surface area contributed by atoms with Crippen molar-refractivity contribution >= 4 is 27.8 Å². The maximum Gasteiger partial charge on any atom is 0.278 e. The highest BCUT2D eigenvalue weighted by Crippen LogP contribution is 2.15. The van der Waals surface area contributed by atoms with E-state index < -0.39 is 0 Å². The van der Waals surface area contributed by atoms with E-state index in [4.69, 9.17) is 0 Å². The highest BCUT2D eigenvalue weighted by atomic mass is 16.2. The van der Waals surface area contributed by atoms with Gasteiger partial charge in [0.1, 0.15) is 17.9 Å². The Morgan fingerprint density at radius 3 is 2.69 bits per heavy atom. The minimum Gasteiger partial charge on any atom is -0.345 e. The van der Waals surface area contributed by atoms with Gasteiger partial charge in [0, 0.05) is 0 Å². The van der Waals surface area contributed by atoms with Gasteiger partial charge in [-0.05, 0) is 31.2 Å². The zero-order chi connectivity index (χ0) is 18.1. The van der Waals surface area contributed by atoms with Gasteiger partial charge in [-0.15, -0.1) is 5.10 Å². The second kappa shape index (κ2) is 6.40. The Labute approximate surface area is 147 Å². The van der Waals surface area contributed by atoms with Crippen LogP contribution in [0.5, 0.6) is 0 Å². The monoisotopic (exact) mass is 348 g/mol. The lowest BCUT2D eigenvalue weighted by Crippen LogP contribution is -2.35. The van der Waals surface area contributed by atoms with Crippen LogP contribution in [0.3, 0.4) is 0 Å². The van der Waals surface area contributed by atoms with E-state index in [2.05, 4.69) is 25.6 Å². The number of amides is 1. The Balaban J connectivity index is 1.51. The number of hydrogen-bond acceptors (Lipinski definition) is 5. The zero-order valence-corrected chi connectivity index (χ0v) is 14.0. The smallest absolute Gasteiger partial charge is 0.278 e. The standard InChI is InChI=1S/C18H16N6O2/c1-11(17-20-14-8-4-5-9-15(14)21-17)19-16(25)10-24-18(26)12-6-2-3-7-13(12)22-23-24/h2-9,11H,10H2,1H3,(H,19,25)(H,20,21). The fourth-order valence-corrected chi connectivity index (χ4v) is 2.80. The van der Waals surface area contributed by atoms with Crippen molar-refractivity contribution in [2.24, 2.45) is 0 Å². The molecule has 1 unspecified atom stereocenters. The Morgan fingerprint density at radius 1 is 1.15 bits per heavy atom. The lowest BCUT2D eigenvalue weighted by atomic mass is 10.2. The summed E-state index contributed by atoms with van der Waals surface area (Å²) in [5.74, 6) is 0.307. The minimum absolute atomic E-state index is 0.207. The van der Waals surface area contributed by atoms with Crippen LogP contribution in [0.2, 0.25) is 0 Å². The SMILES string of the molecule is CC(NC(=O)Cn1nnc2ccccc2c1=O)c1nc2ccccc2[nH]1. The number of nitrogens with one attached hydrogen (secondary N) is 2. The van der Waals surface area contributed by atoms with Gasteiger partial charge in [-0.25, -0.2) is 9.67 Å². The van der Waals surface area contributed by atoms with Crippen LogP contribution in [0.25, 0.3) is 21.9 Å². The third-order valence-corrected chi connectivity index (χ3v) is 4.12. The molecular weight excluding hydrogens is 332 g/mol. The molecule has 0 bridgehead atoms. The second-order valence-electron chi connectivity index (χ2n) is 6.00. The molecular formula is C18H16N6O2. The topological polar surface area (TPSA) is 106 Å². The van der Waals surface area contributed by atoms with Gasteiger partial charge >= 0.3 is 0 Å². The van der Waals surface area contributed by atoms with E-state index in [1.165, 1.54) is 0 Å². The van der Waals surface area contributed by atoms with Gasteiger partial charge < -0.3 is 10.3 Å². The van der Waals surface area contributed by atoms with Crippen molar-refractivity contribution in [3.05, 3.63) is 64.7 Å². The first-order valence-corrected chi connectivity index (χ1v) is 8.18. The van der Waals surface area contributed by atoms with E-state index in [9.17, 15) is 9.59 Å². The van der Waals surface area contributed by atoms with Gasteiger partial charge in [-0.2, -0.15) is 0 Å². The number of carbonyl (C=O) groups is 1. The van der Waals surface area contributed by atoms with Crippen molar-refractivity contribution in [3.63, 3.8) is 0 Å². The molecule has 8 nitrogen and oxygen atoms in total. The van der Waals surface area contributed by atoms with E-state index in [0.717, 1.165) is 15.7 Å². The summed E-state index contributed by atoms with van der Waals surface area (Å²) in [6, 6.07) is 14.2. The Kier molecular flexibility index (Phi) is 3.92. The number of aromatic nitrogens is 5. The number of H-pyrrole nitrogens is 1. The summed E-state index contributed by atoms with van der Waals surface area (Å²) in [5, 5.41) is 11.1. The third kappa shape index (κ3) is 2.92. The van der Waals surface area contributed by atoms with Crippen LogP contribution in [-0.4, -0.2) is 30.9 Å². The molecule has 2 N–H and O–H groups in total. The lowest BCUT2D eigenvalue weighted by Gasteiger charge is -2.11. The number of hydrogen-bond donors (Lipinski definition) is 2. The molecule has 2 aromatic carbocycles. The zero-order valence-electron chi connectivity index (χ0n) is 14.0. The first-order valence-electron chi connectivity index (χ1n) is 8.18. The van der Waals surface area contributed by atoms with E-state index in [1.807, 2.05) is 31.2 Å². The number of imidazole rings is 1. The summed E-state index contributed by atoms with van der Waals surface area (Å²) in [6.45, 7) is 1.62. The Morgan fingerprint density at radius 2 is 1.88 bits per heavy atom. The number of fused-ring (bicyclic) bond motifs is 2. The van der Waals surface area contributed by atoms with Crippen molar-refractivity contribution in [1.82, 2.24) is 30.3 Å². The number of aromatic amines is 1. The van der Waals surface area contributed by atoms with Gasteiger partial charge in [-0.3, -0.25) is 9.59 Å². The van der Waals surface area contributed by atoms with Crippen LogP contribution < -0.4 is 10.9 Å². The Bertz CT molecular complexity index is 1130. The molecule has 0 fully saturated rings. The van der Waals surface area contributed by atoms with Crippen molar-refractivity contribution in [3.8, 4) is 0 Å². The summed E-state index contributed by atoms with van der Waals surface area (Å²) < 4.78 is 1.06.